The van der Waals surface area contributed by atoms with E-state index in [1.807, 2.05) is 6.92 Å². The Balaban J connectivity index is 2.17. The van der Waals surface area contributed by atoms with Gasteiger partial charge in [0.15, 0.2) is 0 Å². The van der Waals surface area contributed by atoms with Crippen molar-refractivity contribution < 1.29 is 0 Å². The summed E-state index contributed by atoms with van der Waals surface area (Å²) >= 11 is 6.99. The molecule has 0 fully saturated rings. The third-order valence-corrected chi connectivity index (χ3v) is 5.90. The molecule has 2 rings (SSSR count). The number of nitrogens with zero attached hydrogens (tertiary/aromatic N) is 2. The van der Waals surface area contributed by atoms with Crippen molar-refractivity contribution in [3.63, 3.8) is 0 Å². The van der Waals surface area contributed by atoms with Crippen molar-refractivity contribution >= 4 is 38.6 Å². The highest BCUT2D eigenvalue weighted by Crippen LogP contribution is 2.32. The number of thiophene rings is 1. The molecule has 6 heteroatoms. The summed E-state index contributed by atoms with van der Waals surface area (Å²) in [5.41, 5.74) is 7.47. The third kappa shape index (κ3) is 3.89. The van der Waals surface area contributed by atoms with Crippen LogP contribution in [0.15, 0.2) is 21.3 Å². The van der Waals surface area contributed by atoms with E-state index in [-0.39, 0.29) is 12.1 Å². The van der Waals surface area contributed by atoms with Crippen LogP contribution in [0.3, 0.4) is 0 Å². The quantitative estimate of drug-likeness (QED) is 0.825. The molecule has 2 aromatic rings. The highest BCUT2D eigenvalue weighted by Gasteiger charge is 2.25. The Bertz CT molecular complexity index is 552. The molecule has 0 saturated carbocycles. The van der Waals surface area contributed by atoms with Crippen LogP contribution in [0.4, 0.5) is 0 Å². The minimum atomic E-state index is 0.130. The zero-order valence-electron chi connectivity index (χ0n) is 12.0. The Morgan fingerprint density at radius 2 is 2.15 bits per heavy atom. The number of thiazole rings is 1. The molecule has 20 heavy (non-hydrogen) atoms. The lowest BCUT2D eigenvalue weighted by atomic mass is 10.0. The summed E-state index contributed by atoms with van der Waals surface area (Å²) in [5.74, 6) is 0. The van der Waals surface area contributed by atoms with Gasteiger partial charge >= 0.3 is 0 Å². The maximum absolute atomic E-state index is 6.35. The average molecular weight is 374 g/mol. The van der Waals surface area contributed by atoms with Crippen molar-refractivity contribution in [1.82, 2.24) is 9.88 Å². The van der Waals surface area contributed by atoms with Gasteiger partial charge in [0, 0.05) is 32.7 Å². The van der Waals surface area contributed by atoms with Crippen LogP contribution in [0.25, 0.3) is 0 Å². The molecule has 0 aliphatic carbocycles. The fraction of sp³-hybridized carbons (Fsp3) is 0.500. The van der Waals surface area contributed by atoms with Gasteiger partial charge in [-0.15, -0.1) is 22.7 Å². The predicted octanol–water partition coefficient (Wildman–Crippen LogP) is 4.19. The van der Waals surface area contributed by atoms with Crippen molar-refractivity contribution in [3.05, 3.63) is 36.9 Å². The molecule has 0 aliphatic rings. The van der Waals surface area contributed by atoms with Crippen molar-refractivity contribution in [2.75, 3.05) is 7.05 Å². The third-order valence-electron chi connectivity index (χ3n) is 3.31. The fourth-order valence-electron chi connectivity index (χ4n) is 2.30. The first-order valence-corrected chi connectivity index (χ1v) is 9.17. The van der Waals surface area contributed by atoms with Crippen LogP contribution in [0.1, 0.15) is 35.0 Å². The molecular weight excluding hydrogens is 354 g/mol. The van der Waals surface area contributed by atoms with E-state index in [4.69, 9.17) is 5.73 Å². The molecule has 0 saturated heterocycles. The molecule has 0 radical (unpaired) electrons. The van der Waals surface area contributed by atoms with E-state index in [9.17, 15) is 0 Å². The average Bonchev–Trinajstić information content (AvgIpc) is 2.99. The number of aromatic nitrogens is 1. The normalized spacial score (nSPS) is 14.7. The van der Waals surface area contributed by atoms with Gasteiger partial charge in [0.1, 0.15) is 0 Å². The maximum Gasteiger partial charge on any atom is 0.0897 e. The maximum atomic E-state index is 6.35. The highest BCUT2D eigenvalue weighted by atomic mass is 79.9. The van der Waals surface area contributed by atoms with Gasteiger partial charge in [-0.05, 0) is 42.4 Å². The van der Waals surface area contributed by atoms with Gasteiger partial charge < -0.3 is 5.73 Å². The summed E-state index contributed by atoms with van der Waals surface area (Å²) in [6.07, 6.45) is 0.959. The summed E-state index contributed by atoms with van der Waals surface area (Å²) in [5, 5.41) is 5.36. The summed E-state index contributed by atoms with van der Waals surface area (Å²) in [6.45, 7) is 5.01. The molecule has 0 aromatic carbocycles. The first kappa shape index (κ1) is 16.1. The lowest BCUT2D eigenvalue weighted by molar-refractivity contribution is 0.203. The second-order valence-electron chi connectivity index (χ2n) is 4.96. The molecule has 110 valence electrons. The summed E-state index contributed by atoms with van der Waals surface area (Å²) in [6, 6.07) is 2.54. The molecular formula is C14H20BrN3S2. The Morgan fingerprint density at radius 3 is 2.65 bits per heavy atom. The largest absolute Gasteiger partial charge is 0.326 e. The second-order valence-corrected chi connectivity index (χ2v) is 7.88. The van der Waals surface area contributed by atoms with Gasteiger partial charge in [-0.2, -0.15) is 0 Å². The van der Waals surface area contributed by atoms with Crippen molar-refractivity contribution in [2.24, 2.45) is 5.73 Å². The van der Waals surface area contributed by atoms with E-state index in [0.717, 1.165) is 28.1 Å². The van der Waals surface area contributed by atoms with Crippen LogP contribution >= 0.6 is 38.6 Å². The number of hydrogen-bond donors (Lipinski definition) is 1. The Kier molecular flexibility index (Phi) is 5.74. The van der Waals surface area contributed by atoms with Gasteiger partial charge in [0.2, 0.25) is 0 Å². The van der Waals surface area contributed by atoms with E-state index in [1.165, 1.54) is 4.88 Å². The molecule has 0 aliphatic heterocycles. The first-order chi connectivity index (χ1) is 9.51. The van der Waals surface area contributed by atoms with Crippen molar-refractivity contribution in [1.29, 1.82) is 0 Å². The number of aryl methyl sites for hydroxylation is 1. The number of likely N-dealkylation sites (N-methyl/N-ethyl adjacent to an activating group) is 1. The fourth-order valence-corrected chi connectivity index (χ4v) is 4.58. The number of nitrogens with two attached hydrogens (primary N) is 1. The zero-order valence-corrected chi connectivity index (χ0v) is 15.2. The predicted molar refractivity (Wildman–Crippen MR) is 91.3 cm³/mol. The van der Waals surface area contributed by atoms with E-state index in [0.29, 0.717) is 0 Å². The number of halogens is 1. The van der Waals surface area contributed by atoms with Gasteiger partial charge in [-0.3, -0.25) is 4.90 Å². The van der Waals surface area contributed by atoms with Crippen molar-refractivity contribution in [3.8, 4) is 0 Å². The number of rotatable bonds is 6. The van der Waals surface area contributed by atoms with Gasteiger partial charge in [-0.25, -0.2) is 4.98 Å². The Labute approximate surface area is 137 Å². The van der Waals surface area contributed by atoms with Crippen LogP contribution in [-0.2, 0) is 6.54 Å². The van der Waals surface area contributed by atoms with Crippen LogP contribution in [0.2, 0.25) is 0 Å². The standard InChI is InChI=1S/C14H20BrN3S2/c1-4-12(16)14(13-5-10(15)7-20-13)18(3)6-11-8-19-9(2)17-11/h5,7-8,12,14H,4,6,16H2,1-3H3. The van der Waals surface area contributed by atoms with E-state index in [2.05, 4.69) is 56.6 Å². The lowest BCUT2D eigenvalue weighted by Gasteiger charge is -2.31. The van der Waals surface area contributed by atoms with E-state index >= 15 is 0 Å². The van der Waals surface area contributed by atoms with E-state index < -0.39 is 0 Å². The molecule has 0 spiro atoms. The molecule has 2 unspecified atom stereocenters. The lowest BCUT2D eigenvalue weighted by Crippen LogP contribution is -2.38. The van der Waals surface area contributed by atoms with Crippen LogP contribution in [-0.4, -0.2) is 23.0 Å². The molecule has 0 amide bonds. The van der Waals surface area contributed by atoms with Crippen molar-refractivity contribution in [2.45, 2.75) is 38.9 Å². The highest BCUT2D eigenvalue weighted by molar-refractivity contribution is 9.10. The monoisotopic (exact) mass is 373 g/mol. The van der Waals surface area contributed by atoms with Crippen LogP contribution in [0.5, 0.6) is 0 Å². The zero-order chi connectivity index (χ0) is 14.7. The molecule has 2 N–H and O–H groups in total. The SMILES string of the molecule is CCC(N)C(c1cc(Br)cs1)N(C)Cc1csc(C)n1. The van der Waals surface area contributed by atoms with Gasteiger partial charge in [0.05, 0.1) is 16.7 Å². The topological polar surface area (TPSA) is 42.1 Å². The van der Waals surface area contributed by atoms with Gasteiger partial charge in [0.25, 0.3) is 0 Å². The molecule has 2 heterocycles. The number of hydrogen-bond acceptors (Lipinski definition) is 5. The minimum absolute atomic E-state index is 0.130. The smallest absolute Gasteiger partial charge is 0.0897 e. The molecule has 0 bridgehead atoms. The Morgan fingerprint density at radius 1 is 1.40 bits per heavy atom. The van der Waals surface area contributed by atoms with Crippen LogP contribution in [0, 0.1) is 6.92 Å². The van der Waals surface area contributed by atoms with Gasteiger partial charge in [-0.1, -0.05) is 6.92 Å². The molecule has 2 atom stereocenters. The molecule has 2 aromatic heterocycles. The van der Waals surface area contributed by atoms with Crippen LogP contribution < -0.4 is 5.73 Å². The summed E-state index contributed by atoms with van der Waals surface area (Å²) in [7, 11) is 2.13. The Hall–Kier alpha value is -0.270. The molecule has 3 nitrogen and oxygen atoms in total. The summed E-state index contributed by atoms with van der Waals surface area (Å²) < 4.78 is 1.13. The summed E-state index contributed by atoms with van der Waals surface area (Å²) in [4.78, 5) is 8.16. The first-order valence-electron chi connectivity index (χ1n) is 6.62. The van der Waals surface area contributed by atoms with E-state index in [1.54, 1.807) is 22.7 Å². The minimum Gasteiger partial charge on any atom is -0.326 e. The second kappa shape index (κ2) is 7.13.